The molecule has 0 heterocycles. The van der Waals surface area contributed by atoms with E-state index in [4.69, 9.17) is 28.3 Å². The van der Waals surface area contributed by atoms with E-state index in [0.717, 1.165) is 5.69 Å². The number of carboxylic acid groups (broad SMARTS) is 1. The fourth-order valence-corrected chi connectivity index (χ4v) is 3.03. The maximum atomic E-state index is 10.9. The first kappa shape index (κ1) is 15.4. The number of aliphatic carboxylic acids is 1. The molecule has 110 valence electrons. The van der Waals surface area contributed by atoms with E-state index in [1.807, 2.05) is 0 Å². The van der Waals surface area contributed by atoms with Gasteiger partial charge in [-0.1, -0.05) is 23.2 Å². The van der Waals surface area contributed by atoms with Gasteiger partial charge in [-0.15, -0.1) is 0 Å². The van der Waals surface area contributed by atoms with Gasteiger partial charge in [0.2, 0.25) is 0 Å². The second-order valence-corrected chi connectivity index (χ2v) is 6.22. The third-order valence-corrected chi connectivity index (χ3v) is 4.19. The van der Waals surface area contributed by atoms with Crippen LogP contribution in [-0.4, -0.2) is 28.3 Å². The Morgan fingerprint density at radius 3 is 2.30 bits per heavy atom. The molecule has 20 heavy (non-hydrogen) atoms. The van der Waals surface area contributed by atoms with Gasteiger partial charge in [-0.3, -0.25) is 4.79 Å². The second-order valence-electron chi connectivity index (χ2n) is 5.35. The molecule has 0 aromatic heterocycles. The van der Waals surface area contributed by atoms with E-state index in [1.54, 1.807) is 18.2 Å². The lowest BCUT2D eigenvalue weighted by Crippen LogP contribution is -2.41. The van der Waals surface area contributed by atoms with Crippen molar-refractivity contribution in [1.82, 2.24) is 0 Å². The summed E-state index contributed by atoms with van der Waals surface area (Å²) in [5.41, 5.74) is -0.128. The van der Waals surface area contributed by atoms with Crippen LogP contribution in [0.1, 0.15) is 25.7 Å². The predicted molar refractivity (Wildman–Crippen MR) is 79.5 cm³/mol. The zero-order chi connectivity index (χ0) is 14.8. The molecule has 3 N–H and O–H groups in total. The first-order chi connectivity index (χ1) is 9.38. The van der Waals surface area contributed by atoms with Crippen LogP contribution in [0.3, 0.4) is 0 Å². The minimum atomic E-state index is -0.874. The van der Waals surface area contributed by atoms with Crippen LogP contribution in [0.5, 0.6) is 0 Å². The number of aliphatic hydroxyl groups is 1. The summed E-state index contributed by atoms with van der Waals surface area (Å²) in [4.78, 5) is 10.9. The van der Waals surface area contributed by atoms with E-state index < -0.39 is 11.6 Å². The van der Waals surface area contributed by atoms with Crippen molar-refractivity contribution in [3.8, 4) is 0 Å². The van der Waals surface area contributed by atoms with Crippen LogP contribution in [0.2, 0.25) is 10.0 Å². The standard InChI is InChI=1S/C14H17Cl2NO3/c15-10-5-11(16)7-12(6-10)17-8-14(20)3-1-9(2-4-14)13(18)19/h5-7,9,17,20H,1-4,8H2,(H,18,19). The van der Waals surface area contributed by atoms with Crippen LogP contribution < -0.4 is 5.32 Å². The molecule has 4 nitrogen and oxygen atoms in total. The zero-order valence-corrected chi connectivity index (χ0v) is 12.4. The molecule has 1 aliphatic carbocycles. The van der Waals surface area contributed by atoms with Crippen molar-refractivity contribution in [3.05, 3.63) is 28.2 Å². The number of rotatable bonds is 4. The molecule has 0 radical (unpaired) electrons. The van der Waals surface area contributed by atoms with Crippen molar-refractivity contribution < 1.29 is 15.0 Å². The molecule has 0 atom stereocenters. The zero-order valence-electron chi connectivity index (χ0n) is 10.9. The number of nitrogens with one attached hydrogen (secondary N) is 1. The molecule has 0 spiro atoms. The third kappa shape index (κ3) is 4.01. The van der Waals surface area contributed by atoms with Gasteiger partial charge in [0.1, 0.15) is 0 Å². The summed E-state index contributed by atoms with van der Waals surface area (Å²) in [6.45, 7) is 0.357. The largest absolute Gasteiger partial charge is 0.481 e. The average molecular weight is 318 g/mol. The number of halogens is 2. The van der Waals surface area contributed by atoms with Crippen LogP contribution in [-0.2, 0) is 4.79 Å². The molecule has 0 saturated heterocycles. The van der Waals surface area contributed by atoms with E-state index in [1.165, 1.54) is 0 Å². The van der Waals surface area contributed by atoms with E-state index in [9.17, 15) is 9.90 Å². The van der Waals surface area contributed by atoms with Gasteiger partial charge in [0, 0.05) is 22.3 Å². The molecule has 2 rings (SSSR count). The minimum Gasteiger partial charge on any atom is -0.481 e. The van der Waals surface area contributed by atoms with E-state index in [-0.39, 0.29) is 5.92 Å². The highest BCUT2D eigenvalue weighted by molar-refractivity contribution is 6.35. The van der Waals surface area contributed by atoms with Gasteiger partial charge in [-0.2, -0.15) is 0 Å². The van der Waals surface area contributed by atoms with Crippen molar-refractivity contribution in [2.75, 3.05) is 11.9 Å². The molecule has 0 aliphatic heterocycles. The van der Waals surface area contributed by atoms with E-state index in [2.05, 4.69) is 5.32 Å². The van der Waals surface area contributed by atoms with Gasteiger partial charge in [-0.05, 0) is 43.9 Å². The van der Waals surface area contributed by atoms with Gasteiger partial charge in [0.25, 0.3) is 0 Å². The van der Waals surface area contributed by atoms with E-state index in [0.29, 0.717) is 42.3 Å². The quantitative estimate of drug-likeness (QED) is 0.796. The number of hydrogen-bond acceptors (Lipinski definition) is 3. The number of benzene rings is 1. The molecule has 6 heteroatoms. The minimum absolute atomic E-state index is 0.337. The SMILES string of the molecule is O=C(O)C1CCC(O)(CNc2cc(Cl)cc(Cl)c2)CC1. The molecule has 1 aliphatic rings. The lowest BCUT2D eigenvalue weighted by molar-refractivity contribution is -0.144. The van der Waals surface area contributed by atoms with Crippen molar-refractivity contribution in [1.29, 1.82) is 0 Å². The molecular weight excluding hydrogens is 301 g/mol. The number of carboxylic acids is 1. The normalized spacial score (nSPS) is 26.2. The highest BCUT2D eigenvalue weighted by Crippen LogP contribution is 2.33. The molecule has 0 amide bonds. The van der Waals surface area contributed by atoms with Crippen LogP contribution in [0.25, 0.3) is 0 Å². The van der Waals surface area contributed by atoms with Crippen molar-refractivity contribution in [2.45, 2.75) is 31.3 Å². The Hall–Kier alpha value is -0.970. The second kappa shape index (κ2) is 6.20. The van der Waals surface area contributed by atoms with Crippen LogP contribution in [0.15, 0.2) is 18.2 Å². The first-order valence-electron chi connectivity index (χ1n) is 6.53. The van der Waals surface area contributed by atoms with Gasteiger partial charge < -0.3 is 15.5 Å². The van der Waals surface area contributed by atoms with Gasteiger partial charge >= 0.3 is 5.97 Å². The fraction of sp³-hybridized carbons (Fsp3) is 0.500. The van der Waals surface area contributed by atoms with Gasteiger partial charge in [0.05, 0.1) is 11.5 Å². The molecular formula is C14H17Cl2NO3. The highest BCUT2D eigenvalue weighted by atomic mass is 35.5. The summed E-state index contributed by atoms with van der Waals surface area (Å²) in [5.74, 6) is -1.11. The molecule has 1 aromatic rings. The van der Waals surface area contributed by atoms with Crippen molar-refractivity contribution >= 4 is 34.9 Å². The number of anilines is 1. The van der Waals surface area contributed by atoms with Gasteiger partial charge in [-0.25, -0.2) is 0 Å². The molecule has 0 unspecified atom stereocenters. The molecule has 0 bridgehead atoms. The Labute approximate surface area is 127 Å². The Bertz CT molecular complexity index is 479. The summed E-state index contributed by atoms with van der Waals surface area (Å²) in [6.07, 6.45) is 1.96. The Morgan fingerprint density at radius 2 is 1.80 bits per heavy atom. The van der Waals surface area contributed by atoms with Crippen LogP contribution >= 0.6 is 23.2 Å². The van der Waals surface area contributed by atoms with Crippen molar-refractivity contribution in [2.24, 2.45) is 5.92 Å². The predicted octanol–water partition coefficient (Wildman–Crippen LogP) is 3.41. The maximum absolute atomic E-state index is 10.9. The van der Waals surface area contributed by atoms with Crippen LogP contribution in [0.4, 0.5) is 5.69 Å². The summed E-state index contributed by atoms with van der Waals surface area (Å²) in [7, 11) is 0. The highest BCUT2D eigenvalue weighted by Gasteiger charge is 2.35. The molecule has 1 aromatic carbocycles. The Balaban J connectivity index is 1.92. The van der Waals surface area contributed by atoms with E-state index >= 15 is 0 Å². The topological polar surface area (TPSA) is 69.6 Å². The maximum Gasteiger partial charge on any atom is 0.306 e. The Kier molecular flexibility index (Phi) is 4.78. The van der Waals surface area contributed by atoms with Crippen LogP contribution in [0, 0.1) is 5.92 Å². The number of hydrogen-bond donors (Lipinski definition) is 3. The lowest BCUT2D eigenvalue weighted by atomic mass is 9.79. The monoisotopic (exact) mass is 317 g/mol. The number of carbonyl (C=O) groups is 1. The third-order valence-electron chi connectivity index (χ3n) is 3.75. The molecule has 1 saturated carbocycles. The summed E-state index contributed by atoms with van der Waals surface area (Å²) in [6, 6.07) is 5.11. The first-order valence-corrected chi connectivity index (χ1v) is 7.29. The lowest BCUT2D eigenvalue weighted by Gasteiger charge is -2.35. The average Bonchev–Trinajstić information content (AvgIpc) is 2.36. The van der Waals surface area contributed by atoms with Crippen molar-refractivity contribution in [3.63, 3.8) is 0 Å². The smallest absolute Gasteiger partial charge is 0.306 e. The summed E-state index contributed by atoms with van der Waals surface area (Å²) >= 11 is 11.8. The summed E-state index contributed by atoms with van der Waals surface area (Å²) in [5, 5.41) is 23.6. The fourth-order valence-electron chi connectivity index (χ4n) is 2.50. The van der Waals surface area contributed by atoms with Gasteiger partial charge in [0.15, 0.2) is 0 Å². The Morgan fingerprint density at radius 1 is 1.25 bits per heavy atom. The summed E-state index contributed by atoms with van der Waals surface area (Å²) < 4.78 is 0. The molecule has 1 fully saturated rings.